The maximum atomic E-state index is 5.34. The van der Waals surface area contributed by atoms with Crippen LogP contribution >= 0.6 is 12.4 Å². The van der Waals surface area contributed by atoms with Crippen molar-refractivity contribution in [1.29, 1.82) is 0 Å². The molecular weight excluding hydrogens is 282 g/mol. The molecule has 0 heterocycles. The van der Waals surface area contributed by atoms with E-state index in [1.54, 1.807) is 7.11 Å². The SMILES string of the molecule is COc1ccccc1CCNC/C=C/c1ccccc1.Cl. The van der Waals surface area contributed by atoms with Crippen LogP contribution in [0.2, 0.25) is 0 Å². The Morgan fingerprint density at radius 3 is 2.48 bits per heavy atom. The zero-order chi connectivity index (χ0) is 14.0. The molecule has 112 valence electrons. The second-order valence-corrected chi connectivity index (χ2v) is 4.58. The fourth-order valence-corrected chi connectivity index (χ4v) is 2.08. The van der Waals surface area contributed by atoms with E-state index in [1.807, 2.05) is 24.3 Å². The van der Waals surface area contributed by atoms with Crippen molar-refractivity contribution in [3.63, 3.8) is 0 Å². The highest BCUT2D eigenvalue weighted by atomic mass is 35.5. The zero-order valence-electron chi connectivity index (χ0n) is 12.3. The van der Waals surface area contributed by atoms with Gasteiger partial charge in [0.05, 0.1) is 7.11 Å². The van der Waals surface area contributed by atoms with Gasteiger partial charge in [-0.25, -0.2) is 0 Å². The van der Waals surface area contributed by atoms with Gasteiger partial charge in [0, 0.05) is 6.54 Å². The molecule has 0 aromatic heterocycles. The zero-order valence-corrected chi connectivity index (χ0v) is 13.1. The number of hydrogen-bond acceptors (Lipinski definition) is 2. The minimum atomic E-state index is 0. The van der Waals surface area contributed by atoms with E-state index in [0.29, 0.717) is 0 Å². The lowest BCUT2D eigenvalue weighted by Gasteiger charge is -2.07. The molecule has 0 unspecified atom stereocenters. The lowest BCUT2D eigenvalue weighted by Crippen LogP contribution is -2.17. The van der Waals surface area contributed by atoms with Crippen LogP contribution in [0.5, 0.6) is 5.75 Å². The standard InChI is InChI=1S/C18H21NO.ClH/c1-20-18-12-6-5-11-17(18)13-15-19-14-7-10-16-8-3-2-4-9-16;/h2-12,19H,13-15H2,1H3;1H/b10-7+;. The first-order valence-electron chi connectivity index (χ1n) is 6.94. The number of hydrogen-bond donors (Lipinski definition) is 1. The van der Waals surface area contributed by atoms with E-state index >= 15 is 0 Å². The Balaban J connectivity index is 0.00000220. The van der Waals surface area contributed by atoms with Gasteiger partial charge in [-0.05, 0) is 30.2 Å². The van der Waals surface area contributed by atoms with E-state index in [-0.39, 0.29) is 12.4 Å². The lowest BCUT2D eigenvalue weighted by atomic mass is 10.1. The van der Waals surface area contributed by atoms with Gasteiger partial charge in [0.15, 0.2) is 0 Å². The third-order valence-electron chi connectivity index (χ3n) is 3.14. The Morgan fingerprint density at radius 1 is 1.00 bits per heavy atom. The predicted molar refractivity (Wildman–Crippen MR) is 92.3 cm³/mol. The molecule has 1 N–H and O–H groups in total. The van der Waals surface area contributed by atoms with Crippen LogP contribution in [-0.4, -0.2) is 20.2 Å². The summed E-state index contributed by atoms with van der Waals surface area (Å²) in [6, 6.07) is 18.5. The van der Waals surface area contributed by atoms with Gasteiger partial charge >= 0.3 is 0 Å². The van der Waals surface area contributed by atoms with Gasteiger partial charge in [0.2, 0.25) is 0 Å². The summed E-state index contributed by atoms with van der Waals surface area (Å²) in [5.41, 5.74) is 2.48. The van der Waals surface area contributed by atoms with Crippen molar-refractivity contribution in [3.8, 4) is 5.75 Å². The molecule has 0 amide bonds. The van der Waals surface area contributed by atoms with E-state index < -0.39 is 0 Å². The van der Waals surface area contributed by atoms with Crippen LogP contribution in [0.1, 0.15) is 11.1 Å². The van der Waals surface area contributed by atoms with Crippen molar-refractivity contribution in [2.75, 3.05) is 20.2 Å². The van der Waals surface area contributed by atoms with E-state index in [9.17, 15) is 0 Å². The van der Waals surface area contributed by atoms with Gasteiger partial charge in [-0.15, -0.1) is 12.4 Å². The molecule has 2 rings (SSSR count). The summed E-state index contributed by atoms with van der Waals surface area (Å²) in [5.74, 6) is 0.967. The van der Waals surface area contributed by atoms with Gasteiger partial charge in [0.25, 0.3) is 0 Å². The lowest BCUT2D eigenvalue weighted by molar-refractivity contribution is 0.409. The van der Waals surface area contributed by atoms with Crippen molar-refractivity contribution in [3.05, 3.63) is 71.8 Å². The van der Waals surface area contributed by atoms with Crippen molar-refractivity contribution in [2.24, 2.45) is 0 Å². The third kappa shape index (κ3) is 6.03. The minimum Gasteiger partial charge on any atom is -0.496 e. The highest BCUT2D eigenvalue weighted by Gasteiger charge is 1.99. The molecule has 0 aliphatic carbocycles. The number of methoxy groups -OCH3 is 1. The molecule has 0 bridgehead atoms. The number of halogens is 1. The largest absolute Gasteiger partial charge is 0.496 e. The summed E-state index contributed by atoms with van der Waals surface area (Å²) in [4.78, 5) is 0. The summed E-state index contributed by atoms with van der Waals surface area (Å²) in [7, 11) is 1.72. The van der Waals surface area contributed by atoms with E-state index in [4.69, 9.17) is 4.74 Å². The molecule has 0 spiro atoms. The van der Waals surface area contributed by atoms with Crippen molar-refractivity contribution in [1.82, 2.24) is 5.32 Å². The molecule has 0 aliphatic rings. The Hall–Kier alpha value is -1.77. The molecule has 2 nitrogen and oxygen atoms in total. The number of benzene rings is 2. The summed E-state index contributed by atoms with van der Waals surface area (Å²) < 4.78 is 5.34. The monoisotopic (exact) mass is 303 g/mol. The first-order chi connectivity index (χ1) is 9.90. The fraction of sp³-hybridized carbons (Fsp3) is 0.222. The van der Waals surface area contributed by atoms with Crippen LogP contribution in [-0.2, 0) is 6.42 Å². The topological polar surface area (TPSA) is 21.3 Å². The maximum absolute atomic E-state index is 5.34. The predicted octanol–water partition coefficient (Wildman–Crippen LogP) is 3.96. The molecule has 0 radical (unpaired) electrons. The molecular formula is C18H22ClNO. The van der Waals surface area contributed by atoms with E-state index in [0.717, 1.165) is 25.3 Å². The van der Waals surface area contributed by atoms with Crippen LogP contribution < -0.4 is 10.1 Å². The van der Waals surface area contributed by atoms with Gasteiger partial charge in [-0.3, -0.25) is 0 Å². The van der Waals surface area contributed by atoms with Gasteiger partial charge in [0.1, 0.15) is 5.75 Å². The molecule has 3 heteroatoms. The highest BCUT2D eigenvalue weighted by molar-refractivity contribution is 5.85. The van der Waals surface area contributed by atoms with E-state index in [1.165, 1.54) is 11.1 Å². The number of rotatable bonds is 7. The smallest absolute Gasteiger partial charge is 0.122 e. The van der Waals surface area contributed by atoms with Gasteiger partial charge in [-0.1, -0.05) is 60.7 Å². The average molecular weight is 304 g/mol. The quantitative estimate of drug-likeness (QED) is 0.782. The summed E-state index contributed by atoms with van der Waals surface area (Å²) in [6.07, 6.45) is 5.26. The minimum absolute atomic E-state index is 0. The number of para-hydroxylation sites is 1. The second kappa shape index (κ2) is 10.0. The third-order valence-corrected chi connectivity index (χ3v) is 3.14. The van der Waals surface area contributed by atoms with Gasteiger partial charge < -0.3 is 10.1 Å². The van der Waals surface area contributed by atoms with Gasteiger partial charge in [-0.2, -0.15) is 0 Å². The van der Waals surface area contributed by atoms with Crippen LogP contribution in [0.15, 0.2) is 60.7 Å². The normalized spacial score (nSPS) is 10.3. The molecule has 2 aromatic carbocycles. The van der Waals surface area contributed by atoms with Crippen LogP contribution in [0.25, 0.3) is 6.08 Å². The van der Waals surface area contributed by atoms with Crippen LogP contribution in [0.4, 0.5) is 0 Å². The molecule has 0 aliphatic heterocycles. The molecule has 0 saturated carbocycles. The summed E-state index contributed by atoms with van der Waals surface area (Å²) in [5, 5.41) is 3.41. The summed E-state index contributed by atoms with van der Waals surface area (Å²) >= 11 is 0. The Kier molecular flexibility index (Phi) is 8.25. The molecule has 0 saturated heterocycles. The molecule has 2 aromatic rings. The molecule has 0 atom stereocenters. The van der Waals surface area contributed by atoms with Crippen molar-refractivity contribution >= 4 is 18.5 Å². The maximum Gasteiger partial charge on any atom is 0.122 e. The molecule has 0 fully saturated rings. The second-order valence-electron chi connectivity index (χ2n) is 4.58. The van der Waals surface area contributed by atoms with Crippen LogP contribution in [0.3, 0.4) is 0 Å². The average Bonchev–Trinajstić information content (AvgIpc) is 2.52. The van der Waals surface area contributed by atoms with E-state index in [2.05, 4.69) is 47.8 Å². The first kappa shape index (κ1) is 17.3. The number of ether oxygens (including phenoxy) is 1. The first-order valence-corrected chi connectivity index (χ1v) is 6.94. The fourth-order valence-electron chi connectivity index (χ4n) is 2.08. The Morgan fingerprint density at radius 2 is 1.71 bits per heavy atom. The Labute approximate surface area is 133 Å². The van der Waals surface area contributed by atoms with Crippen molar-refractivity contribution < 1.29 is 4.74 Å². The number of nitrogens with one attached hydrogen (secondary N) is 1. The molecule has 21 heavy (non-hydrogen) atoms. The van der Waals surface area contributed by atoms with Crippen molar-refractivity contribution in [2.45, 2.75) is 6.42 Å². The summed E-state index contributed by atoms with van der Waals surface area (Å²) in [6.45, 7) is 1.82. The highest BCUT2D eigenvalue weighted by Crippen LogP contribution is 2.17. The Bertz CT molecular complexity index is 540. The van der Waals surface area contributed by atoms with Crippen LogP contribution in [0, 0.1) is 0 Å².